The van der Waals surface area contributed by atoms with E-state index in [1.165, 1.54) is 31.6 Å². The second-order valence-electron chi connectivity index (χ2n) is 2.16. The molecule has 13 heavy (non-hydrogen) atoms. The van der Waals surface area contributed by atoms with Gasteiger partial charge in [-0.3, -0.25) is 4.98 Å². The lowest BCUT2D eigenvalue weighted by atomic mass is 10.3. The molecular formula is C8H8N2O3. The van der Waals surface area contributed by atoms with Gasteiger partial charge in [-0.25, -0.2) is 9.59 Å². The minimum absolute atomic E-state index is 0.290. The topological polar surface area (TPSA) is 68.3 Å². The van der Waals surface area contributed by atoms with E-state index in [0.717, 1.165) is 0 Å². The van der Waals surface area contributed by atoms with E-state index in [1.807, 2.05) is 0 Å². The number of ether oxygens (including phenoxy) is 1. The van der Waals surface area contributed by atoms with Crippen molar-refractivity contribution in [3.8, 4) is 0 Å². The van der Waals surface area contributed by atoms with Gasteiger partial charge in [-0.2, -0.15) is 0 Å². The molecule has 1 aromatic rings. The Kier molecular flexibility index (Phi) is 2.97. The summed E-state index contributed by atoms with van der Waals surface area (Å²) in [6, 6.07) is 2.93. The van der Waals surface area contributed by atoms with Gasteiger partial charge >= 0.3 is 12.1 Å². The van der Waals surface area contributed by atoms with Crippen LogP contribution in [0.2, 0.25) is 0 Å². The van der Waals surface area contributed by atoms with Crippen LogP contribution in [0.4, 0.5) is 4.79 Å². The van der Waals surface area contributed by atoms with Crippen LogP contribution in [-0.2, 0) is 4.74 Å². The Labute approximate surface area is 74.7 Å². The number of carbonyl (C=O) groups excluding carboxylic acids is 2. The third-order valence-electron chi connectivity index (χ3n) is 1.31. The first-order valence-electron chi connectivity index (χ1n) is 3.58. The number of carbonyl (C=O) groups is 2. The van der Waals surface area contributed by atoms with Crippen molar-refractivity contribution in [3.05, 3.63) is 30.1 Å². The van der Waals surface area contributed by atoms with Gasteiger partial charge < -0.3 is 10.1 Å². The standard InChI is InChI=1S/C8H8N2O3/c1-9-8(12)13-7(11)6-2-4-10-5-3-6/h2-5H,1H3,(H,9,12). The van der Waals surface area contributed by atoms with Gasteiger partial charge in [0.25, 0.3) is 0 Å². The number of nitrogens with one attached hydrogen (secondary N) is 1. The maximum absolute atomic E-state index is 11.1. The molecule has 0 bridgehead atoms. The maximum Gasteiger partial charge on any atom is 0.414 e. The fraction of sp³-hybridized carbons (Fsp3) is 0.125. The quantitative estimate of drug-likeness (QED) is 0.507. The molecule has 0 aromatic carbocycles. The van der Waals surface area contributed by atoms with E-state index < -0.39 is 12.1 Å². The summed E-state index contributed by atoms with van der Waals surface area (Å²) in [5.41, 5.74) is 0.290. The molecule has 0 aliphatic carbocycles. The molecule has 1 N–H and O–H groups in total. The van der Waals surface area contributed by atoms with Crippen LogP contribution < -0.4 is 5.32 Å². The number of alkyl carbamates (subject to hydrolysis) is 1. The van der Waals surface area contributed by atoms with Crippen molar-refractivity contribution >= 4 is 12.1 Å². The van der Waals surface area contributed by atoms with Crippen LogP contribution in [0.5, 0.6) is 0 Å². The molecule has 68 valence electrons. The van der Waals surface area contributed by atoms with Crippen LogP contribution in [0.3, 0.4) is 0 Å². The minimum Gasteiger partial charge on any atom is -0.373 e. The highest BCUT2D eigenvalue weighted by atomic mass is 16.6. The van der Waals surface area contributed by atoms with Gasteiger partial charge in [-0.05, 0) is 12.1 Å². The van der Waals surface area contributed by atoms with Crippen molar-refractivity contribution in [1.29, 1.82) is 0 Å². The number of aromatic nitrogens is 1. The lowest BCUT2D eigenvalue weighted by molar-refractivity contribution is 0.0625. The molecule has 0 radical (unpaired) electrons. The van der Waals surface area contributed by atoms with Gasteiger partial charge in [0.05, 0.1) is 5.56 Å². The van der Waals surface area contributed by atoms with E-state index >= 15 is 0 Å². The molecule has 5 nitrogen and oxygen atoms in total. The van der Waals surface area contributed by atoms with Crippen molar-refractivity contribution in [2.24, 2.45) is 0 Å². The average Bonchev–Trinajstić information content (AvgIpc) is 2.19. The van der Waals surface area contributed by atoms with Gasteiger partial charge in [-0.1, -0.05) is 0 Å². The van der Waals surface area contributed by atoms with Gasteiger partial charge in [-0.15, -0.1) is 0 Å². The van der Waals surface area contributed by atoms with Crippen LogP contribution in [0.15, 0.2) is 24.5 Å². The van der Waals surface area contributed by atoms with E-state index in [-0.39, 0.29) is 0 Å². The Morgan fingerprint density at radius 3 is 2.54 bits per heavy atom. The highest BCUT2D eigenvalue weighted by Crippen LogP contribution is 1.98. The number of pyridine rings is 1. The molecule has 0 unspecified atom stereocenters. The first-order chi connectivity index (χ1) is 6.24. The second kappa shape index (κ2) is 4.20. The summed E-state index contributed by atoms with van der Waals surface area (Å²) < 4.78 is 4.37. The summed E-state index contributed by atoms with van der Waals surface area (Å²) in [6.07, 6.45) is 2.11. The SMILES string of the molecule is CNC(=O)OC(=O)c1ccncc1. The van der Waals surface area contributed by atoms with E-state index in [0.29, 0.717) is 5.56 Å². The first kappa shape index (κ1) is 9.18. The number of esters is 1. The summed E-state index contributed by atoms with van der Waals surface area (Å²) in [4.78, 5) is 25.4. The smallest absolute Gasteiger partial charge is 0.373 e. The number of amides is 1. The van der Waals surface area contributed by atoms with Crippen LogP contribution >= 0.6 is 0 Å². The fourth-order valence-electron chi connectivity index (χ4n) is 0.682. The molecule has 1 heterocycles. The normalized spacial score (nSPS) is 9.00. The Morgan fingerprint density at radius 2 is 2.00 bits per heavy atom. The molecule has 0 spiro atoms. The summed E-state index contributed by atoms with van der Waals surface area (Å²) in [5, 5.41) is 2.17. The van der Waals surface area contributed by atoms with Crippen molar-refractivity contribution in [3.63, 3.8) is 0 Å². The highest BCUT2D eigenvalue weighted by Gasteiger charge is 2.10. The van der Waals surface area contributed by atoms with E-state index in [4.69, 9.17) is 0 Å². The number of hydrogen-bond acceptors (Lipinski definition) is 4. The predicted molar refractivity (Wildman–Crippen MR) is 44.1 cm³/mol. The van der Waals surface area contributed by atoms with Gasteiger partial charge in [0.1, 0.15) is 0 Å². The summed E-state index contributed by atoms with van der Waals surface area (Å²) in [6.45, 7) is 0. The summed E-state index contributed by atoms with van der Waals surface area (Å²) >= 11 is 0. The molecule has 5 heteroatoms. The molecule has 1 aromatic heterocycles. The molecular weight excluding hydrogens is 172 g/mol. The van der Waals surface area contributed by atoms with Crippen molar-refractivity contribution < 1.29 is 14.3 Å². The molecule has 1 rings (SSSR count). The summed E-state index contributed by atoms with van der Waals surface area (Å²) in [5.74, 6) is -0.693. The zero-order valence-electron chi connectivity index (χ0n) is 6.98. The van der Waals surface area contributed by atoms with Crippen molar-refractivity contribution in [2.45, 2.75) is 0 Å². The number of rotatable bonds is 1. The van der Waals surface area contributed by atoms with Crippen LogP contribution in [-0.4, -0.2) is 24.1 Å². The van der Waals surface area contributed by atoms with E-state index in [2.05, 4.69) is 15.0 Å². The largest absolute Gasteiger partial charge is 0.414 e. The highest BCUT2D eigenvalue weighted by molar-refractivity contribution is 5.96. The number of nitrogens with zero attached hydrogens (tertiary/aromatic N) is 1. The Morgan fingerprint density at radius 1 is 1.38 bits per heavy atom. The van der Waals surface area contributed by atoms with Gasteiger partial charge in [0.15, 0.2) is 0 Å². The average molecular weight is 180 g/mol. The van der Waals surface area contributed by atoms with E-state index in [1.54, 1.807) is 0 Å². The third kappa shape index (κ3) is 2.55. The molecule has 0 aliphatic heterocycles. The van der Waals surface area contributed by atoms with Crippen molar-refractivity contribution in [2.75, 3.05) is 7.05 Å². The molecule has 0 saturated heterocycles. The first-order valence-corrected chi connectivity index (χ1v) is 3.58. The lowest BCUT2D eigenvalue weighted by Crippen LogP contribution is -2.22. The molecule has 0 fully saturated rings. The minimum atomic E-state index is -0.776. The van der Waals surface area contributed by atoms with E-state index in [9.17, 15) is 9.59 Å². The zero-order valence-corrected chi connectivity index (χ0v) is 6.98. The monoisotopic (exact) mass is 180 g/mol. The van der Waals surface area contributed by atoms with Crippen LogP contribution in [0.1, 0.15) is 10.4 Å². The van der Waals surface area contributed by atoms with Gasteiger partial charge in [0, 0.05) is 19.4 Å². The van der Waals surface area contributed by atoms with Crippen molar-refractivity contribution in [1.82, 2.24) is 10.3 Å². The fourth-order valence-corrected chi connectivity index (χ4v) is 0.682. The molecule has 1 amide bonds. The second-order valence-corrected chi connectivity index (χ2v) is 2.16. The number of hydrogen-bond donors (Lipinski definition) is 1. The summed E-state index contributed by atoms with van der Waals surface area (Å²) in [7, 11) is 1.38. The van der Waals surface area contributed by atoms with Crippen LogP contribution in [0.25, 0.3) is 0 Å². The molecule has 0 saturated carbocycles. The molecule has 0 atom stereocenters. The maximum atomic E-state index is 11.1. The third-order valence-corrected chi connectivity index (χ3v) is 1.31. The Bertz CT molecular complexity index is 310. The molecule has 0 aliphatic rings. The lowest BCUT2D eigenvalue weighted by Gasteiger charge is -2.00. The Balaban J connectivity index is 2.65. The van der Waals surface area contributed by atoms with Gasteiger partial charge in [0.2, 0.25) is 0 Å². The zero-order chi connectivity index (χ0) is 9.68. The Hall–Kier alpha value is -1.91. The predicted octanol–water partition coefficient (Wildman–Crippen LogP) is 0.578. The van der Waals surface area contributed by atoms with Crippen LogP contribution in [0, 0.1) is 0 Å².